The van der Waals surface area contributed by atoms with E-state index >= 15 is 0 Å². The van der Waals surface area contributed by atoms with Crippen molar-refractivity contribution in [3.63, 3.8) is 0 Å². The van der Waals surface area contributed by atoms with Crippen molar-refractivity contribution in [1.82, 2.24) is 4.90 Å². The van der Waals surface area contributed by atoms with E-state index in [0.717, 1.165) is 43.2 Å². The van der Waals surface area contributed by atoms with Crippen LogP contribution in [-0.2, 0) is 11.2 Å². The first-order valence-corrected chi connectivity index (χ1v) is 12.7. The summed E-state index contributed by atoms with van der Waals surface area (Å²) in [4.78, 5) is 14.6. The number of unbranched alkanes of at least 4 members (excludes halogenated alkanes) is 8. The Balaban J connectivity index is 1.54. The quantitative estimate of drug-likeness (QED) is 0.180. The van der Waals surface area contributed by atoms with Gasteiger partial charge in [-0.05, 0) is 75.1 Å². The Morgan fingerprint density at radius 2 is 1.56 bits per heavy atom. The topological polar surface area (TPSA) is 60.8 Å². The van der Waals surface area contributed by atoms with Crippen LogP contribution in [0.5, 0.6) is 11.5 Å². The number of phenolic OH excluding ortho intramolecular Hbond substituents is 2. The molecule has 4 heteroatoms. The van der Waals surface area contributed by atoms with Crippen LogP contribution in [0.25, 0.3) is 0 Å². The molecule has 1 aromatic carbocycles. The van der Waals surface area contributed by atoms with Crippen LogP contribution in [0.15, 0.2) is 36.4 Å². The van der Waals surface area contributed by atoms with Gasteiger partial charge in [0, 0.05) is 13.0 Å². The minimum atomic E-state index is -0.112. The predicted octanol–water partition coefficient (Wildman–Crippen LogP) is 7.36. The van der Waals surface area contributed by atoms with E-state index in [1.807, 2.05) is 11.8 Å². The number of amides is 1. The second-order valence-corrected chi connectivity index (χ2v) is 9.03. The molecule has 1 atom stereocenters. The number of allylic oxidation sites excluding steroid dienone is 4. The summed E-state index contributed by atoms with van der Waals surface area (Å²) in [5.41, 5.74) is 1.97. The van der Waals surface area contributed by atoms with Gasteiger partial charge in [-0.25, -0.2) is 0 Å². The van der Waals surface area contributed by atoms with Gasteiger partial charge in [-0.1, -0.05) is 63.3 Å². The van der Waals surface area contributed by atoms with Crippen molar-refractivity contribution < 1.29 is 15.0 Å². The summed E-state index contributed by atoms with van der Waals surface area (Å²) in [5.74, 6) is 0.000809. The molecular weight excluding hydrogens is 398 g/mol. The Morgan fingerprint density at radius 1 is 0.938 bits per heavy atom. The Morgan fingerprint density at radius 3 is 2.28 bits per heavy atom. The van der Waals surface area contributed by atoms with E-state index in [1.54, 1.807) is 12.1 Å². The maximum atomic E-state index is 12.7. The molecule has 2 N–H and O–H groups in total. The number of carbonyl (C=O) groups is 1. The normalized spacial score (nSPS) is 16.2. The van der Waals surface area contributed by atoms with Gasteiger partial charge in [-0.15, -0.1) is 0 Å². The van der Waals surface area contributed by atoms with Crippen LogP contribution < -0.4 is 0 Å². The van der Waals surface area contributed by atoms with Crippen molar-refractivity contribution in [2.45, 2.75) is 103 Å². The third-order valence-corrected chi connectivity index (χ3v) is 6.44. The van der Waals surface area contributed by atoms with Gasteiger partial charge in [-0.3, -0.25) is 4.79 Å². The van der Waals surface area contributed by atoms with Crippen LogP contribution in [0.3, 0.4) is 0 Å². The maximum absolute atomic E-state index is 12.7. The Hall–Kier alpha value is -2.23. The molecule has 1 unspecified atom stereocenters. The molecule has 1 aromatic rings. The van der Waals surface area contributed by atoms with Crippen molar-refractivity contribution in [3.8, 4) is 11.5 Å². The lowest BCUT2D eigenvalue weighted by Crippen LogP contribution is -2.38. The van der Waals surface area contributed by atoms with Crippen LogP contribution in [0, 0.1) is 0 Å². The van der Waals surface area contributed by atoms with Gasteiger partial charge < -0.3 is 15.1 Å². The average molecular weight is 442 g/mol. The van der Waals surface area contributed by atoms with Gasteiger partial charge >= 0.3 is 0 Å². The summed E-state index contributed by atoms with van der Waals surface area (Å²) < 4.78 is 0. The van der Waals surface area contributed by atoms with Gasteiger partial charge in [0.25, 0.3) is 0 Å². The molecule has 1 aliphatic heterocycles. The van der Waals surface area contributed by atoms with E-state index in [1.165, 1.54) is 44.9 Å². The summed E-state index contributed by atoms with van der Waals surface area (Å²) in [6, 6.07) is 3.17. The molecule has 0 saturated carbocycles. The van der Waals surface area contributed by atoms with E-state index in [-0.39, 0.29) is 23.4 Å². The lowest BCUT2D eigenvalue weighted by Gasteiger charge is -2.35. The highest BCUT2D eigenvalue weighted by Crippen LogP contribution is 2.37. The van der Waals surface area contributed by atoms with Crippen LogP contribution in [0.2, 0.25) is 0 Å². The molecule has 1 heterocycles. The van der Waals surface area contributed by atoms with E-state index in [9.17, 15) is 15.0 Å². The molecule has 0 saturated heterocycles. The third-order valence-electron chi connectivity index (χ3n) is 6.44. The smallest absolute Gasteiger partial charge is 0.223 e. The minimum Gasteiger partial charge on any atom is -0.504 e. The molecular formula is C28H43NO3. The Labute approximate surface area is 195 Å². The molecule has 2 rings (SSSR count). The standard InChI is InChI=1S/C28H43NO3/c1-3-4-5-6-7-8-9-10-11-12-13-14-15-16-17-18-28(32)29-20-19-24-21-26(30)27(31)22-25(24)23(29)2/h7-8,10-11,21-23,30-31H,3-6,9,12-20H2,1-2H3/b8-7+,11-10+. The van der Waals surface area contributed by atoms with E-state index in [2.05, 4.69) is 31.2 Å². The highest BCUT2D eigenvalue weighted by molar-refractivity contribution is 5.77. The van der Waals surface area contributed by atoms with Crippen LogP contribution >= 0.6 is 0 Å². The molecule has 32 heavy (non-hydrogen) atoms. The Kier molecular flexibility index (Phi) is 12.0. The van der Waals surface area contributed by atoms with Crippen molar-refractivity contribution in [2.75, 3.05) is 6.54 Å². The Bertz CT molecular complexity index is 753. The number of aromatic hydroxyl groups is 2. The second-order valence-electron chi connectivity index (χ2n) is 9.03. The van der Waals surface area contributed by atoms with Crippen LogP contribution in [0.1, 0.15) is 108 Å². The zero-order valence-corrected chi connectivity index (χ0v) is 20.2. The number of hydrogen-bond acceptors (Lipinski definition) is 3. The number of hydrogen-bond donors (Lipinski definition) is 2. The van der Waals surface area contributed by atoms with Gasteiger partial charge in [0.15, 0.2) is 11.5 Å². The fourth-order valence-electron chi connectivity index (χ4n) is 4.42. The second kappa shape index (κ2) is 14.8. The molecule has 0 bridgehead atoms. The number of rotatable bonds is 14. The van der Waals surface area contributed by atoms with Gasteiger partial charge in [0.05, 0.1) is 6.04 Å². The lowest BCUT2D eigenvalue weighted by atomic mass is 9.92. The number of benzene rings is 1. The highest BCUT2D eigenvalue weighted by atomic mass is 16.3. The molecule has 0 spiro atoms. The zero-order valence-electron chi connectivity index (χ0n) is 20.2. The third kappa shape index (κ3) is 8.72. The average Bonchev–Trinajstić information content (AvgIpc) is 2.78. The van der Waals surface area contributed by atoms with Gasteiger partial charge in [0.1, 0.15) is 0 Å². The number of fused-ring (bicyclic) bond motifs is 1. The monoisotopic (exact) mass is 441 g/mol. The first kappa shape index (κ1) is 26.0. The number of carbonyl (C=O) groups excluding carboxylic acids is 1. The molecule has 178 valence electrons. The van der Waals surface area contributed by atoms with Crippen molar-refractivity contribution in [3.05, 3.63) is 47.6 Å². The number of nitrogens with zero attached hydrogens (tertiary/aromatic N) is 1. The summed E-state index contributed by atoms with van der Waals surface area (Å²) in [5, 5.41) is 19.5. The molecule has 0 fully saturated rings. The van der Waals surface area contributed by atoms with Crippen LogP contribution in [-0.4, -0.2) is 27.6 Å². The van der Waals surface area contributed by atoms with Gasteiger partial charge in [-0.2, -0.15) is 0 Å². The SMILES string of the molecule is CCCCC/C=C/C/C=C/CCCCCCCC(=O)N1CCc2cc(O)c(O)cc2C1C. The van der Waals surface area contributed by atoms with Crippen molar-refractivity contribution >= 4 is 5.91 Å². The summed E-state index contributed by atoms with van der Waals surface area (Å²) in [7, 11) is 0. The minimum absolute atomic E-state index is 0.0595. The molecule has 1 amide bonds. The van der Waals surface area contributed by atoms with Crippen molar-refractivity contribution in [1.29, 1.82) is 0 Å². The fraction of sp³-hybridized carbons (Fsp3) is 0.607. The summed E-state index contributed by atoms with van der Waals surface area (Å²) >= 11 is 0. The summed E-state index contributed by atoms with van der Waals surface area (Å²) in [6.45, 7) is 4.92. The fourth-order valence-corrected chi connectivity index (χ4v) is 4.42. The largest absolute Gasteiger partial charge is 0.504 e. The van der Waals surface area contributed by atoms with E-state index < -0.39 is 0 Å². The van der Waals surface area contributed by atoms with Crippen molar-refractivity contribution in [2.24, 2.45) is 0 Å². The first-order chi connectivity index (χ1) is 15.5. The zero-order chi connectivity index (χ0) is 23.2. The molecule has 0 radical (unpaired) electrons. The van der Waals surface area contributed by atoms with Gasteiger partial charge in [0.2, 0.25) is 5.91 Å². The maximum Gasteiger partial charge on any atom is 0.223 e. The molecule has 4 nitrogen and oxygen atoms in total. The summed E-state index contributed by atoms with van der Waals surface area (Å²) in [6.07, 6.45) is 23.5. The molecule has 1 aliphatic rings. The predicted molar refractivity (Wildman–Crippen MR) is 133 cm³/mol. The first-order valence-electron chi connectivity index (χ1n) is 12.7. The highest BCUT2D eigenvalue weighted by Gasteiger charge is 2.28. The van der Waals surface area contributed by atoms with E-state index in [0.29, 0.717) is 13.0 Å². The molecule has 0 aromatic heterocycles. The lowest BCUT2D eigenvalue weighted by molar-refractivity contribution is -0.133. The number of phenols is 2. The molecule has 0 aliphatic carbocycles. The van der Waals surface area contributed by atoms with E-state index in [4.69, 9.17) is 0 Å². The van der Waals surface area contributed by atoms with Crippen LogP contribution in [0.4, 0.5) is 0 Å².